The summed E-state index contributed by atoms with van der Waals surface area (Å²) >= 11 is 0. The third-order valence-corrected chi connectivity index (χ3v) is 2.67. The van der Waals surface area contributed by atoms with E-state index in [2.05, 4.69) is 20.6 Å². The van der Waals surface area contributed by atoms with Gasteiger partial charge >= 0.3 is 0 Å². The van der Waals surface area contributed by atoms with Gasteiger partial charge in [-0.2, -0.15) is 0 Å². The van der Waals surface area contributed by atoms with Gasteiger partial charge in [-0.3, -0.25) is 4.79 Å². The van der Waals surface area contributed by atoms with Crippen LogP contribution in [0.3, 0.4) is 0 Å². The molecule has 2 rings (SSSR count). The van der Waals surface area contributed by atoms with Crippen LogP contribution >= 0.6 is 0 Å². The lowest BCUT2D eigenvalue weighted by molar-refractivity contribution is -0.120. The minimum absolute atomic E-state index is 0.00824. The van der Waals surface area contributed by atoms with Gasteiger partial charge in [0.1, 0.15) is 5.82 Å². The van der Waals surface area contributed by atoms with Crippen LogP contribution < -0.4 is 10.6 Å². The summed E-state index contributed by atoms with van der Waals surface area (Å²) in [5.74, 6) is 0.742. The van der Waals surface area contributed by atoms with E-state index >= 15 is 0 Å². The van der Waals surface area contributed by atoms with Crippen LogP contribution in [-0.2, 0) is 4.79 Å². The van der Waals surface area contributed by atoms with Crippen LogP contribution in [0, 0.1) is 6.92 Å². The third-order valence-electron chi connectivity index (χ3n) is 2.67. The van der Waals surface area contributed by atoms with Crippen molar-refractivity contribution in [2.75, 3.05) is 18.9 Å². The van der Waals surface area contributed by atoms with Gasteiger partial charge in [-0.05, 0) is 19.1 Å². The standard InChI is InChI=1S/C13H16N4O/c1-9-13(15-8-7-12(18)14-2)17-11-6-4-3-5-10(11)16-9/h3-6H,7-8H2,1-2H3,(H,14,18)(H,15,17). The summed E-state index contributed by atoms with van der Waals surface area (Å²) in [6, 6.07) is 7.73. The molecule has 1 aromatic heterocycles. The number of carbonyl (C=O) groups excluding carboxylic acids is 1. The average Bonchev–Trinajstić information content (AvgIpc) is 2.39. The molecule has 0 unspecified atom stereocenters. The van der Waals surface area contributed by atoms with Crippen molar-refractivity contribution in [3.63, 3.8) is 0 Å². The number of anilines is 1. The van der Waals surface area contributed by atoms with E-state index in [1.807, 2.05) is 31.2 Å². The smallest absolute Gasteiger partial charge is 0.221 e. The second-order valence-corrected chi connectivity index (χ2v) is 4.00. The summed E-state index contributed by atoms with van der Waals surface area (Å²) in [7, 11) is 1.63. The molecule has 0 bridgehead atoms. The maximum atomic E-state index is 11.1. The van der Waals surface area contributed by atoms with Crippen LogP contribution in [0.25, 0.3) is 11.0 Å². The van der Waals surface area contributed by atoms with Crippen LogP contribution in [0.4, 0.5) is 5.82 Å². The van der Waals surface area contributed by atoms with Crippen molar-refractivity contribution in [2.45, 2.75) is 13.3 Å². The number of aromatic nitrogens is 2. The number of aryl methyl sites for hydroxylation is 1. The van der Waals surface area contributed by atoms with E-state index in [-0.39, 0.29) is 5.91 Å². The predicted molar refractivity (Wildman–Crippen MR) is 71.4 cm³/mol. The van der Waals surface area contributed by atoms with E-state index in [0.29, 0.717) is 13.0 Å². The molecule has 0 aliphatic heterocycles. The van der Waals surface area contributed by atoms with Crippen molar-refractivity contribution in [3.05, 3.63) is 30.0 Å². The summed E-state index contributed by atoms with van der Waals surface area (Å²) in [6.07, 6.45) is 0.421. The number of hydrogen-bond acceptors (Lipinski definition) is 4. The quantitative estimate of drug-likeness (QED) is 0.855. The topological polar surface area (TPSA) is 66.9 Å². The number of hydrogen-bond donors (Lipinski definition) is 2. The maximum absolute atomic E-state index is 11.1. The molecule has 0 saturated carbocycles. The number of nitrogens with one attached hydrogen (secondary N) is 2. The van der Waals surface area contributed by atoms with Gasteiger partial charge in [-0.15, -0.1) is 0 Å². The van der Waals surface area contributed by atoms with Crippen molar-refractivity contribution in [2.24, 2.45) is 0 Å². The van der Waals surface area contributed by atoms with Crippen molar-refractivity contribution >= 4 is 22.8 Å². The molecule has 5 heteroatoms. The Kier molecular flexibility index (Phi) is 3.72. The van der Waals surface area contributed by atoms with Gasteiger partial charge in [0, 0.05) is 20.0 Å². The minimum atomic E-state index is 0.00824. The van der Waals surface area contributed by atoms with E-state index in [1.165, 1.54) is 0 Å². The van der Waals surface area contributed by atoms with Crippen molar-refractivity contribution in [3.8, 4) is 0 Å². The Morgan fingerprint density at radius 1 is 1.22 bits per heavy atom. The molecule has 5 nitrogen and oxygen atoms in total. The lowest BCUT2D eigenvalue weighted by Crippen LogP contribution is -2.21. The Bertz CT molecular complexity index is 568. The fourth-order valence-corrected chi connectivity index (χ4v) is 1.68. The second kappa shape index (κ2) is 5.44. The maximum Gasteiger partial charge on any atom is 0.221 e. The first kappa shape index (κ1) is 12.3. The Balaban J connectivity index is 2.13. The number of amides is 1. The van der Waals surface area contributed by atoms with Crippen molar-refractivity contribution < 1.29 is 4.79 Å². The molecule has 94 valence electrons. The predicted octanol–water partition coefficient (Wildman–Crippen LogP) is 1.49. The van der Waals surface area contributed by atoms with Gasteiger partial charge in [0.25, 0.3) is 0 Å². The highest BCUT2D eigenvalue weighted by atomic mass is 16.1. The van der Waals surface area contributed by atoms with Gasteiger partial charge < -0.3 is 10.6 Å². The minimum Gasteiger partial charge on any atom is -0.368 e. The first-order valence-electron chi connectivity index (χ1n) is 5.88. The Morgan fingerprint density at radius 2 is 1.89 bits per heavy atom. The molecule has 0 spiro atoms. The molecule has 0 fully saturated rings. The second-order valence-electron chi connectivity index (χ2n) is 4.00. The van der Waals surface area contributed by atoms with Gasteiger partial charge in [0.2, 0.25) is 5.91 Å². The lowest BCUT2D eigenvalue weighted by atomic mass is 10.3. The number of para-hydroxylation sites is 2. The highest BCUT2D eigenvalue weighted by Crippen LogP contribution is 2.15. The number of fused-ring (bicyclic) bond motifs is 1. The molecule has 1 heterocycles. The van der Waals surface area contributed by atoms with Crippen LogP contribution in [0.2, 0.25) is 0 Å². The Labute approximate surface area is 106 Å². The van der Waals surface area contributed by atoms with E-state index < -0.39 is 0 Å². The van der Waals surface area contributed by atoms with Crippen LogP contribution in [0.1, 0.15) is 12.1 Å². The SMILES string of the molecule is CNC(=O)CCNc1nc2ccccc2nc1C. The zero-order valence-electron chi connectivity index (χ0n) is 10.5. The van der Waals surface area contributed by atoms with E-state index in [0.717, 1.165) is 22.5 Å². The molecule has 0 radical (unpaired) electrons. The van der Waals surface area contributed by atoms with Gasteiger partial charge in [0.05, 0.1) is 16.7 Å². The van der Waals surface area contributed by atoms with Crippen LogP contribution in [-0.4, -0.2) is 29.5 Å². The summed E-state index contributed by atoms with van der Waals surface area (Å²) < 4.78 is 0. The molecule has 2 N–H and O–H groups in total. The monoisotopic (exact) mass is 244 g/mol. The fraction of sp³-hybridized carbons (Fsp3) is 0.308. The van der Waals surface area contributed by atoms with Crippen LogP contribution in [0.5, 0.6) is 0 Å². The molecule has 0 saturated heterocycles. The fourth-order valence-electron chi connectivity index (χ4n) is 1.68. The first-order chi connectivity index (χ1) is 8.70. The highest BCUT2D eigenvalue weighted by Gasteiger charge is 2.05. The van der Waals surface area contributed by atoms with Crippen molar-refractivity contribution in [1.29, 1.82) is 0 Å². The highest BCUT2D eigenvalue weighted by molar-refractivity contribution is 5.77. The summed E-state index contributed by atoms with van der Waals surface area (Å²) in [6.45, 7) is 2.45. The molecular formula is C13H16N4O. The zero-order valence-corrected chi connectivity index (χ0v) is 10.5. The number of benzene rings is 1. The summed E-state index contributed by atoms with van der Waals surface area (Å²) in [4.78, 5) is 20.1. The average molecular weight is 244 g/mol. The summed E-state index contributed by atoms with van der Waals surface area (Å²) in [5, 5.41) is 5.72. The third kappa shape index (κ3) is 2.74. The molecule has 1 aromatic carbocycles. The van der Waals surface area contributed by atoms with Gasteiger partial charge in [-0.25, -0.2) is 9.97 Å². The Morgan fingerprint density at radius 3 is 2.56 bits per heavy atom. The molecule has 0 atom stereocenters. The summed E-state index contributed by atoms with van der Waals surface area (Å²) in [5.41, 5.74) is 2.57. The molecule has 2 aromatic rings. The zero-order chi connectivity index (χ0) is 13.0. The van der Waals surface area contributed by atoms with E-state index in [9.17, 15) is 4.79 Å². The molecule has 0 aliphatic rings. The molecule has 18 heavy (non-hydrogen) atoms. The van der Waals surface area contributed by atoms with Crippen LogP contribution in [0.15, 0.2) is 24.3 Å². The van der Waals surface area contributed by atoms with Crippen molar-refractivity contribution in [1.82, 2.24) is 15.3 Å². The first-order valence-corrected chi connectivity index (χ1v) is 5.88. The number of carbonyl (C=O) groups is 1. The lowest BCUT2D eigenvalue weighted by Gasteiger charge is -2.08. The molecule has 1 amide bonds. The number of nitrogens with zero attached hydrogens (tertiary/aromatic N) is 2. The van der Waals surface area contributed by atoms with Gasteiger partial charge in [0.15, 0.2) is 0 Å². The Hall–Kier alpha value is -2.17. The normalized spacial score (nSPS) is 10.3. The van der Waals surface area contributed by atoms with E-state index in [1.54, 1.807) is 7.05 Å². The van der Waals surface area contributed by atoms with E-state index in [4.69, 9.17) is 0 Å². The molecular weight excluding hydrogens is 228 g/mol. The largest absolute Gasteiger partial charge is 0.368 e. The number of rotatable bonds is 4. The molecule has 0 aliphatic carbocycles. The van der Waals surface area contributed by atoms with Gasteiger partial charge in [-0.1, -0.05) is 12.1 Å².